The van der Waals surface area contributed by atoms with Crippen molar-refractivity contribution in [3.8, 4) is 0 Å². The molecular formula is C20H19FN2O. The molecule has 3 nitrogen and oxygen atoms in total. The maximum Gasteiger partial charge on any atom is 0.243 e. The highest BCUT2D eigenvalue weighted by Gasteiger charge is 2.43. The second-order valence-electron chi connectivity index (χ2n) is 6.79. The zero-order valence-corrected chi connectivity index (χ0v) is 13.8. The molecule has 0 unspecified atom stereocenters. The number of fused-ring (bicyclic) bond motifs is 3. The number of para-hydroxylation sites is 1. The van der Waals surface area contributed by atoms with E-state index in [1.54, 1.807) is 16.1 Å². The summed E-state index contributed by atoms with van der Waals surface area (Å²) < 4.78 is 14.8. The lowest BCUT2D eigenvalue weighted by molar-refractivity contribution is -0.131. The van der Waals surface area contributed by atoms with Gasteiger partial charge >= 0.3 is 0 Å². The lowest BCUT2D eigenvalue weighted by Crippen LogP contribution is -2.51. The Morgan fingerprint density at radius 1 is 1.04 bits per heavy atom. The van der Waals surface area contributed by atoms with Gasteiger partial charge in [-0.1, -0.05) is 42.5 Å². The van der Waals surface area contributed by atoms with Gasteiger partial charge in [0.05, 0.1) is 5.54 Å². The lowest BCUT2D eigenvalue weighted by atomic mass is 9.91. The number of carbonyl (C=O) groups excluding carboxylic acids is 1. The van der Waals surface area contributed by atoms with E-state index in [1.807, 2.05) is 50.2 Å². The van der Waals surface area contributed by atoms with Gasteiger partial charge in [-0.05, 0) is 37.1 Å². The zero-order chi connectivity index (χ0) is 16.9. The first kappa shape index (κ1) is 14.9. The Morgan fingerprint density at radius 3 is 2.54 bits per heavy atom. The molecule has 2 aliphatic rings. The van der Waals surface area contributed by atoms with Crippen molar-refractivity contribution in [1.82, 2.24) is 5.01 Å². The first-order chi connectivity index (χ1) is 11.5. The molecule has 1 amide bonds. The van der Waals surface area contributed by atoms with Crippen LogP contribution in [0.2, 0.25) is 0 Å². The minimum Gasteiger partial charge on any atom is -0.278 e. The average molecular weight is 322 g/mol. The topological polar surface area (TPSA) is 23.6 Å². The van der Waals surface area contributed by atoms with E-state index >= 15 is 0 Å². The number of hydrogen-bond acceptors (Lipinski definition) is 2. The van der Waals surface area contributed by atoms with E-state index < -0.39 is 5.54 Å². The van der Waals surface area contributed by atoms with Crippen molar-refractivity contribution in [3.05, 3.63) is 71.6 Å². The monoisotopic (exact) mass is 322 g/mol. The SMILES string of the molecule is CC1(C)C=C(c2ccccc2)c2cccc(F)c2N2CCC(=O)N21. The molecule has 0 aromatic heterocycles. The van der Waals surface area contributed by atoms with Crippen molar-refractivity contribution < 1.29 is 9.18 Å². The van der Waals surface area contributed by atoms with E-state index in [4.69, 9.17) is 0 Å². The molecule has 1 fully saturated rings. The average Bonchev–Trinajstić information content (AvgIpc) is 2.91. The van der Waals surface area contributed by atoms with Gasteiger partial charge in [-0.3, -0.25) is 9.80 Å². The maximum atomic E-state index is 14.8. The number of hydrogen-bond donors (Lipinski definition) is 0. The molecule has 0 aliphatic carbocycles. The molecule has 122 valence electrons. The van der Waals surface area contributed by atoms with Crippen LogP contribution in [0.15, 0.2) is 54.6 Å². The number of hydrazine groups is 1. The third-order valence-corrected chi connectivity index (χ3v) is 4.68. The van der Waals surface area contributed by atoms with Gasteiger partial charge in [0.15, 0.2) is 0 Å². The van der Waals surface area contributed by atoms with Gasteiger partial charge in [0.1, 0.15) is 11.5 Å². The van der Waals surface area contributed by atoms with E-state index in [0.29, 0.717) is 18.7 Å². The summed E-state index contributed by atoms with van der Waals surface area (Å²) in [4.78, 5) is 12.5. The molecule has 2 heterocycles. The van der Waals surface area contributed by atoms with Crippen LogP contribution in [0.5, 0.6) is 0 Å². The summed E-state index contributed by atoms with van der Waals surface area (Å²) in [6, 6.07) is 15.1. The molecule has 0 atom stereocenters. The number of carbonyl (C=O) groups is 1. The number of amides is 1. The van der Waals surface area contributed by atoms with E-state index in [-0.39, 0.29) is 11.7 Å². The fraction of sp³-hybridized carbons (Fsp3) is 0.250. The second-order valence-corrected chi connectivity index (χ2v) is 6.79. The Hall–Kier alpha value is -2.62. The fourth-order valence-corrected chi connectivity index (χ4v) is 3.73. The molecule has 0 saturated carbocycles. The molecule has 2 aromatic carbocycles. The number of anilines is 1. The van der Waals surface area contributed by atoms with Gasteiger partial charge in [-0.2, -0.15) is 0 Å². The summed E-state index contributed by atoms with van der Waals surface area (Å²) in [5, 5.41) is 3.50. The molecular weight excluding hydrogens is 303 g/mol. The van der Waals surface area contributed by atoms with Crippen LogP contribution in [-0.2, 0) is 4.79 Å². The van der Waals surface area contributed by atoms with Crippen LogP contribution in [0.3, 0.4) is 0 Å². The van der Waals surface area contributed by atoms with E-state index in [2.05, 4.69) is 6.08 Å². The van der Waals surface area contributed by atoms with Crippen LogP contribution in [0.25, 0.3) is 5.57 Å². The fourth-order valence-electron chi connectivity index (χ4n) is 3.73. The van der Waals surface area contributed by atoms with Crippen molar-refractivity contribution in [2.45, 2.75) is 25.8 Å². The molecule has 4 rings (SSSR count). The van der Waals surface area contributed by atoms with Crippen LogP contribution >= 0.6 is 0 Å². The van der Waals surface area contributed by atoms with Gasteiger partial charge < -0.3 is 0 Å². The lowest BCUT2D eigenvalue weighted by Gasteiger charge is -2.39. The molecule has 0 radical (unpaired) electrons. The van der Waals surface area contributed by atoms with Crippen LogP contribution in [-0.4, -0.2) is 23.0 Å². The largest absolute Gasteiger partial charge is 0.278 e. The van der Waals surface area contributed by atoms with Crippen LogP contribution in [0, 0.1) is 5.82 Å². The number of benzene rings is 2. The van der Waals surface area contributed by atoms with Crippen molar-refractivity contribution in [3.63, 3.8) is 0 Å². The third kappa shape index (κ3) is 2.13. The molecule has 2 aromatic rings. The predicted octanol–water partition coefficient (Wildman–Crippen LogP) is 4.00. The molecule has 1 saturated heterocycles. The third-order valence-electron chi connectivity index (χ3n) is 4.68. The van der Waals surface area contributed by atoms with Gasteiger partial charge in [0.2, 0.25) is 5.91 Å². The smallest absolute Gasteiger partial charge is 0.243 e. The molecule has 4 heteroatoms. The first-order valence-electron chi connectivity index (χ1n) is 8.17. The molecule has 0 N–H and O–H groups in total. The minimum absolute atomic E-state index is 0.0276. The number of rotatable bonds is 1. The van der Waals surface area contributed by atoms with Crippen LogP contribution in [0.1, 0.15) is 31.4 Å². The summed E-state index contributed by atoms with van der Waals surface area (Å²) in [6.07, 6.45) is 2.48. The highest BCUT2D eigenvalue weighted by Crippen LogP contribution is 2.43. The summed E-state index contributed by atoms with van der Waals surface area (Å²) in [7, 11) is 0. The highest BCUT2D eigenvalue weighted by molar-refractivity contribution is 5.92. The van der Waals surface area contributed by atoms with Crippen molar-refractivity contribution in [1.29, 1.82) is 0 Å². The number of nitrogens with zero attached hydrogens (tertiary/aromatic N) is 2. The normalized spacial score (nSPS) is 18.8. The molecule has 0 bridgehead atoms. The minimum atomic E-state index is -0.537. The van der Waals surface area contributed by atoms with Gasteiger partial charge in [0, 0.05) is 18.5 Å². The van der Waals surface area contributed by atoms with Crippen molar-refractivity contribution in [2.75, 3.05) is 11.6 Å². The van der Waals surface area contributed by atoms with Gasteiger partial charge in [-0.15, -0.1) is 0 Å². The van der Waals surface area contributed by atoms with Gasteiger partial charge in [-0.25, -0.2) is 9.40 Å². The van der Waals surface area contributed by atoms with E-state index in [0.717, 1.165) is 16.7 Å². The predicted molar refractivity (Wildman–Crippen MR) is 92.8 cm³/mol. The Bertz CT molecular complexity index is 842. The summed E-state index contributed by atoms with van der Waals surface area (Å²) in [5.74, 6) is -0.272. The number of halogens is 1. The van der Waals surface area contributed by atoms with E-state index in [1.165, 1.54) is 6.07 Å². The zero-order valence-electron chi connectivity index (χ0n) is 13.8. The Kier molecular flexibility index (Phi) is 3.23. The molecule has 0 spiro atoms. The molecule has 2 aliphatic heterocycles. The Morgan fingerprint density at radius 2 is 1.79 bits per heavy atom. The van der Waals surface area contributed by atoms with E-state index in [9.17, 15) is 9.18 Å². The molecule has 24 heavy (non-hydrogen) atoms. The van der Waals surface area contributed by atoms with Crippen molar-refractivity contribution >= 4 is 17.2 Å². The van der Waals surface area contributed by atoms with Crippen LogP contribution in [0.4, 0.5) is 10.1 Å². The standard InChI is InChI=1S/C20H19FN2O/c1-20(2)13-16(14-7-4-3-5-8-14)15-9-6-10-17(21)19(15)22-12-11-18(24)23(20)22/h3-10,13H,11-12H2,1-2H3. The Balaban J connectivity index is 2.03. The summed E-state index contributed by atoms with van der Waals surface area (Å²) >= 11 is 0. The first-order valence-corrected chi connectivity index (χ1v) is 8.17. The second kappa shape index (κ2) is 5.20. The van der Waals surface area contributed by atoms with Crippen LogP contribution < -0.4 is 5.01 Å². The van der Waals surface area contributed by atoms with Crippen molar-refractivity contribution in [2.24, 2.45) is 0 Å². The Labute approximate surface area is 141 Å². The summed E-state index contributed by atoms with van der Waals surface area (Å²) in [6.45, 7) is 4.50. The van der Waals surface area contributed by atoms with Gasteiger partial charge in [0.25, 0.3) is 0 Å². The quantitative estimate of drug-likeness (QED) is 0.792. The summed E-state index contributed by atoms with van der Waals surface area (Å²) in [5.41, 5.74) is 2.75. The highest BCUT2D eigenvalue weighted by atomic mass is 19.1. The maximum absolute atomic E-state index is 14.8.